The van der Waals surface area contributed by atoms with E-state index in [1.54, 1.807) is 10.9 Å². The molecule has 1 aliphatic carbocycles. The standard InChI is InChI=1S/C13H18N6O/c1-7-9(6-16-19(7)2)5-15-13(20)12-10(14)11(17-18-12)8-3-4-8/h6,8H,3-5,14H2,1-2H3,(H,15,20)(H,17,18). The van der Waals surface area contributed by atoms with E-state index in [2.05, 4.69) is 20.6 Å². The molecular weight excluding hydrogens is 256 g/mol. The van der Waals surface area contributed by atoms with E-state index >= 15 is 0 Å². The molecule has 7 heteroatoms. The van der Waals surface area contributed by atoms with Crippen LogP contribution in [0.3, 0.4) is 0 Å². The number of hydrogen-bond acceptors (Lipinski definition) is 4. The first kappa shape index (κ1) is 12.7. The number of amides is 1. The first-order valence-electron chi connectivity index (χ1n) is 6.67. The number of nitrogens with one attached hydrogen (secondary N) is 2. The lowest BCUT2D eigenvalue weighted by Crippen LogP contribution is -2.24. The Kier molecular flexibility index (Phi) is 2.96. The first-order chi connectivity index (χ1) is 9.58. The Labute approximate surface area is 116 Å². The second-order valence-electron chi connectivity index (χ2n) is 5.24. The fraction of sp³-hybridized carbons (Fsp3) is 0.462. The highest BCUT2D eigenvalue weighted by atomic mass is 16.1. The maximum absolute atomic E-state index is 12.1. The summed E-state index contributed by atoms with van der Waals surface area (Å²) in [7, 11) is 1.87. The maximum atomic E-state index is 12.1. The molecule has 0 saturated heterocycles. The van der Waals surface area contributed by atoms with Crippen LogP contribution >= 0.6 is 0 Å². The van der Waals surface area contributed by atoms with Crippen molar-refractivity contribution in [3.05, 3.63) is 28.8 Å². The van der Waals surface area contributed by atoms with Crippen molar-refractivity contribution in [3.63, 3.8) is 0 Å². The average molecular weight is 274 g/mol. The molecule has 7 nitrogen and oxygen atoms in total. The van der Waals surface area contributed by atoms with Gasteiger partial charge in [-0.1, -0.05) is 0 Å². The number of nitrogens with zero attached hydrogens (tertiary/aromatic N) is 3. The number of nitrogens with two attached hydrogens (primary N) is 1. The van der Waals surface area contributed by atoms with Crippen molar-refractivity contribution in [2.75, 3.05) is 5.73 Å². The average Bonchev–Trinajstić information content (AvgIpc) is 3.13. The number of rotatable bonds is 4. The predicted molar refractivity (Wildman–Crippen MR) is 74.1 cm³/mol. The summed E-state index contributed by atoms with van der Waals surface area (Å²) >= 11 is 0. The molecule has 0 aliphatic heterocycles. The molecule has 2 aromatic heterocycles. The molecule has 0 spiro atoms. The number of H-pyrrole nitrogens is 1. The molecule has 0 radical (unpaired) electrons. The number of aromatic amines is 1. The molecule has 1 fully saturated rings. The minimum atomic E-state index is -0.256. The minimum absolute atomic E-state index is 0.256. The first-order valence-corrected chi connectivity index (χ1v) is 6.67. The van der Waals surface area contributed by atoms with E-state index in [1.807, 2.05) is 14.0 Å². The van der Waals surface area contributed by atoms with Gasteiger partial charge in [0.2, 0.25) is 0 Å². The zero-order chi connectivity index (χ0) is 14.3. The third-order valence-electron chi connectivity index (χ3n) is 3.81. The molecule has 1 amide bonds. The largest absolute Gasteiger partial charge is 0.395 e. The van der Waals surface area contributed by atoms with Crippen LogP contribution in [0.25, 0.3) is 0 Å². The minimum Gasteiger partial charge on any atom is -0.395 e. The lowest BCUT2D eigenvalue weighted by molar-refractivity contribution is 0.0946. The number of carbonyl (C=O) groups excluding carboxylic acids is 1. The molecule has 2 heterocycles. The molecular formula is C13H18N6O. The van der Waals surface area contributed by atoms with E-state index in [-0.39, 0.29) is 11.6 Å². The number of anilines is 1. The summed E-state index contributed by atoms with van der Waals surface area (Å²) in [5.74, 6) is 0.193. The van der Waals surface area contributed by atoms with Gasteiger partial charge in [0.05, 0.1) is 17.6 Å². The second kappa shape index (κ2) is 4.66. The summed E-state index contributed by atoms with van der Waals surface area (Å²) in [4.78, 5) is 12.1. The fourth-order valence-electron chi connectivity index (χ4n) is 2.20. The quantitative estimate of drug-likeness (QED) is 0.769. The molecule has 0 aromatic carbocycles. The SMILES string of the molecule is Cc1c(CNC(=O)c2n[nH]c(C3CC3)c2N)cnn1C. The van der Waals surface area contributed by atoms with Crippen molar-refractivity contribution in [2.45, 2.75) is 32.2 Å². The molecule has 1 aliphatic rings. The summed E-state index contributed by atoms with van der Waals surface area (Å²) < 4.78 is 1.77. The monoisotopic (exact) mass is 274 g/mol. The number of nitrogen functional groups attached to an aromatic ring is 1. The topological polar surface area (TPSA) is 102 Å². The molecule has 20 heavy (non-hydrogen) atoms. The number of carbonyl (C=O) groups is 1. The molecule has 0 bridgehead atoms. The van der Waals surface area contributed by atoms with E-state index in [0.717, 1.165) is 29.8 Å². The number of hydrogen-bond donors (Lipinski definition) is 3. The van der Waals surface area contributed by atoms with Crippen LogP contribution in [0, 0.1) is 6.92 Å². The van der Waals surface area contributed by atoms with Gasteiger partial charge in [0.1, 0.15) is 0 Å². The van der Waals surface area contributed by atoms with Gasteiger partial charge < -0.3 is 11.1 Å². The second-order valence-corrected chi connectivity index (χ2v) is 5.24. The van der Waals surface area contributed by atoms with Crippen LogP contribution in [0.15, 0.2) is 6.20 Å². The third-order valence-corrected chi connectivity index (χ3v) is 3.81. The van der Waals surface area contributed by atoms with Crippen molar-refractivity contribution < 1.29 is 4.79 Å². The third kappa shape index (κ3) is 2.15. The van der Waals surface area contributed by atoms with Crippen LogP contribution in [0.4, 0.5) is 5.69 Å². The molecule has 2 aromatic rings. The van der Waals surface area contributed by atoms with Crippen LogP contribution in [0.5, 0.6) is 0 Å². The molecule has 0 unspecified atom stereocenters. The van der Waals surface area contributed by atoms with Crippen molar-refractivity contribution in [1.29, 1.82) is 0 Å². The summed E-state index contributed by atoms with van der Waals surface area (Å²) in [5.41, 5.74) is 9.65. The van der Waals surface area contributed by atoms with Gasteiger partial charge in [-0.05, 0) is 19.8 Å². The zero-order valence-electron chi connectivity index (χ0n) is 11.6. The van der Waals surface area contributed by atoms with Gasteiger partial charge in [0.25, 0.3) is 5.91 Å². The molecule has 106 valence electrons. The highest BCUT2D eigenvalue weighted by Crippen LogP contribution is 2.42. The lowest BCUT2D eigenvalue weighted by Gasteiger charge is -2.04. The normalized spacial score (nSPS) is 14.5. The fourth-order valence-corrected chi connectivity index (χ4v) is 2.20. The highest BCUT2D eigenvalue weighted by Gasteiger charge is 2.30. The molecule has 3 rings (SSSR count). The summed E-state index contributed by atoms with van der Waals surface area (Å²) in [6, 6.07) is 0. The van der Waals surface area contributed by atoms with E-state index in [9.17, 15) is 4.79 Å². The molecule has 1 saturated carbocycles. The van der Waals surface area contributed by atoms with Crippen LogP contribution in [-0.4, -0.2) is 25.9 Å². The van der Waals surface area contributed by atoms with Gasteiger partial charge >= 0.3 is 0 Å². The Morgan fingerprint density at radius 1 is 1.60 bits per heavy atom. The van der Waals surface area contributed by atoms with Crippen LogP contribution in [-0.2, 0) is 13.6 Å². The maximum Gasteiger partial charge on any atom is 0.274 e. The molecule has 0 atom stereocenters. The van der Waals surface area contributed by atoms with E-state index in [1.165, 1.54) is 0 Å². The lowest BCUT2D eigenvalue weighted by atomic mass is 10.2. The Hall–Kier alpha value is -2.31. The van der Waals surface area contributed by atoms with Crippen LogP contribution in [0.2, 0.25) is 0 Å². The number of aromatic nitrogens is 4. The van der Waals surface area contributed by atoms with Crippen molar-refractivity contribution in [2.24, 2.45) is 7.05 Å². The predicted octanol–water partition coefficient (Wildman–Crippen LogP) is 0.841. The van der Waals surface area contributed by atoms with Gasteiger partial charge in [-0.25, -0.2) is 0 Å². The summed E-state index contributed by atoms with van der Waals surface area (Å²) in [6.07, 6.45) is 3.98. The van der Waals surface area contributed by atoms with Gasteiger partial charge in [0.15, 0.2) is 5.69 Å². The van der Waals surface area contributed by atoms with Crippen molar-refractivity contribution in [1.82, 2.24) is 25.3 Å². The summed E-state index contributed by atoms with van der Waals surface area (Å²) in [5, 5.41) is 13.9. The van der Waals surface area contributed by atoms with E-state index in [4.69, 9.17) is 5.73 Å². The Bertz CT molecular complexity index is 652. The van der Waals surface area contributed by atoms with Gasteiger partial charge in [-0.2, -0.15) is 10.2 Å². The van der Waals surface area contributed by atoms with Crippen LogP contribution < -0.4 is 11.1 Å². The Balaban J connectivity index is 1.69. The number of aryl methyl sites for hydroxylation is 1. The Morgan fingerprint density at radius 2 is 2.35 bits per heavy atom. The smallest absolute Gasteiger partial charge is 0.274 e. The Morgan fingerprint density at radius 3 is 2.95 bits per heavy atom. The van der Waals surface area contributed by atoms with E-state index in [0.29, 0.717) is 18.2 Å². The van der Waals surface area contributed by atoms with Gasteiger partial charge in [-0.15, -0.1) is 0 Å². The highest BCUT2D eigenvalue weighted by molar-refractivity contribution is 5.97. The van der Waals surface area contributed by atoms with Crippen LogP contribution in [0.1, 0.15) is 46.2 Å². The van der Waals surface area contributed by atoms with Gasteiger partial charge in [-0.3, -0.25) is 14.6 Å². The zero-order valence-corrected chi connectivity index (χ0v) is 11.6. The molecule has 4 N–H and O–H groups in total. The van der Waals surface area contributed by atoms with E-state index < -0.39 is 0 Å². The van der Waals surface area contributed by atoms with Crippen molar-refractivity contribution in [3.8, 4) is 0 Å². The van der Waals surface area contributed by atoms with Gasteiger partial charge in [0, 0.05) is 30.8 Å². The van der Waals surface area contributed by atoms with Crippen molar-refractivity contribution >= 4 is 11.6 Å². The summed E-state index contributed by atoms with van der Waals surface area (Å²) in [6.45, 7) is 2.38.